The Balaban J connectivity index is 2.05. The Labute approximate surface area is 143 Å². The summed E-state index contributed by atoms with van der Waals surface area (Å²) in [6.07, 6.45) is 4.29. The number of fused-ring (bicyclic) bond motifs is 1. The minimum atomic E-state index is -0.272. The molecule has 24 heavy (non-hydrogen) atoms. The number of thiazole rings is 1. The van der Waals surface area contributed by atoms with Gasteiger partial charge < -0.3 is 14.8 Å². The van der Waals surface area contributed by atoms with Crippen LogP contribution in [0.2, 0.25) is 0 Å². The molecule has 7 heteroatoms. The second kappa shape index (κ2) is 6.45. The van der Waals surface area contributed by atoms with E-state index in [2.05, 4.69) is 10.3 Å². The molecule has 2 aromatic rings. The van der Waals surface area contributed by atoms with Crippen molar-refractivity contribution in [3.8, 4) is 11.5 Å². The fraction of sp³-hybridized carbons (Fsp3) is 0.235. The predicted molar refractivity (Wildman–Crippen MR) is 91.5 cm³/mol. The van der Waals surface area contributed by atoms with Crippen LogP contribution >= 0.6 is 11.3 Å². The number of hydrogen-bond acceptors (Lipinski definition) is 7. The zero-order valence-electron chi connectivity index (χ0n) is 13.5. The molecule has 124 valence electrons. The zero-order valence-corrected chi connectivity index (χ0v) is 14.3. The number of hydrogen-bond donors (Lipinski definition) is 1. The minimum absolute atomic E-state index is 0.246. The van der Waals surface area contributed by atoms with Gasteiger partial charge in [-0.3, -0.25) is 9.59 Å². The molecule has 0 amide bonds. The summed E-state index contributed by atoms with van der Waals surface area (Å²) in [5.41, 5.74) is 1.21. The monoisotopic (exact) mass is 344 g/mol. The number of anilines is 1. The van der Waals surface area contributed by atoms with E-state index in [1.165, 1.54) is 37.7 Å². The van der Waals surface area contributed by atoms with Gasteiger partial charge in [0.2, 0.25) is 0 Å². The van der Waals surface area contributed by atoms with Crippen LogP contribution in [0.25, 0.3) is 0 Å². The first-order chi connectivity index (χ1) is 11.5. The topological polar surface area (TPSA) is 77.5 Å². The van der Waals surface area contributed by atoms with E-state index in [4.69, 9.17) is 9.47 Å². The Morgan fingerprint density at radius 2 is 1.83 bits per heavy atom. The summed E-state index contributed by atoms with van der Waals surface area (Å²) in [5.74, 6) is 0.205. The molecule has 6 nitrogen and oxygen atoms in total. The summed E-state index contributed by atoms with van der Waals surface area (Å²) in [6.45, 7) is 2.37. The molecule has 0 fully saturated rings. The van der Waals surface area contributed by atoms with Crippen LogP contribution in [0.4, 0.5) is 5.13 Å². The van der Waals surface area contributed by atoms with Gasteiger partial charge in [0.15, 0.2) is 16.7 Å². The van der Waals surface area contributed by atoms with Crippen LogP contribution in [0.1, 0.15) is 31.2 Å². The normalized spacial score (nSPS) is 13.0. The van der Waals surface area contributed by atoms with E-state index in [1.54, 1.807) is 12.3 Å². The number of methoxy groups -OCH3 is 2. The number of rotatable bonds is 5. The van der Waals surface area contributed by atoms with Crippen molar-refractivity contribution in [1.82, 2.24) is 4.98 Å². The maximum atomic E-state index is 12.3. The molecule has 0 aliphatic heterocycles. The van der Waals surface area contributed by atoms with E-state index in [0.717, 1.165) is 15.6 Å². The Kier molecular flexibility index (Phi) is 4.35. The van der Waals surface area contributed by atoms with Crippen LogP contribution in [0.3, 0.4) is 0 Å². The van der Waals surface area contributed by atoms with E-state index in [1.807, 2.05) is 6.92 Å². The molecule has 3 rings (SSSR count). The van der Waals surface area contributed by atoms with Crippen molar-refractivity contribution in [1.29, 1.82) is 0 Å². The molecule has 0 saturated carbocycles. The number of carbonyl (C=O) groups is 2. The third-order valence-corrected chi connectivity index (χ3v) is 4.55. The van der Waals surface area contributed by atoms with Crippen molar-refractivity contribution in [2.75, 3.05) is 19.5 Å². The lowest BCUT2D eigenvalue weighted by Gasteiger charge is -2.20. The van der Waals surface area contributed by atoms with Crippen molar-refractivity contribution in [3.05, 3.63) is 46.0 Å². The molecule has 1 aliphatic carbocycles. The van der Waals surface area contributed by atoms with Gasteiger partial charge in [0.05, 0.1) is 25.3 Å². The van der Waals surface area contributed by atoms with E-state index in [9.17, 15) is 9.59 Å². The summed E-state index contributed by atoms with van der Waals surface area (Å²) >= 11 is 1.53. The Hall–Kier alpha value is -2.67. The van der Waals surface area contributed by atoms with E-state index >= 15 is 0 Å². The third kappa shape index (κ3) is 2.78. The number of nitrogens with zero attached hydrogens (tertiary/aromatic N) is 1. The van der Waals surface area contributed by atoms with Gasteiger partial charge in [-0.2, -0.15) is 0 Å². The number of ether oxygens (including phenoxy) is 2. The Morgan fingerprint density at radius 1 is 1.12 bits per heavy atom. The SMILES string of the molecule is COc1cc(CNc2ncc(C)s2)c(OC)c2c1C(=O)C=CC2=O. The number of allylic oxidation sites excluding steroid dienone is 2. The van der Waals surface area contributed by atoms with Gasteiger partial charge in [-0.1, -0.05) is 0 Å². The lowest BCUT2D eigenvalue weighted by Crippen LogP contribution is -2.17. The highest BCUT2D eigenvalue weighted by molar-refractivity contribution is 7.15. The molecule has 1 heterocycles. The highest BCUT2D eigenvalue weighted by Crippen LogP contribution is 2.37. The summed E-state index contributed by atoms with van der Waals surface area (Å²) < 4.78 is 10.8. The lowest BCUT2D eigenvalue weighted by atomic mass is 9.90. The van der Waals surface area contributed by atoms with Gasteiger partial charge >= 0.3 is 0 Å². The summed E-state index contributed by atoms with van der Waals surface area (Å²) in [4.78, 5) is 29.8. The summed E-state index contributed by atoms with van der Waals surface area (Å²) in [5, 5.41) is 3.97. The highest BCUT2D eigenvalue weighted by atomic mass is 32.1. The van der Waals surface area contributed by atoms with Crippen LogP contribution in [0, 0.1) is 6.92 Å². The fourth-order valence-electron chi connectivity index (χ4n) is 2.62. The van der Waals surface area contributed by atoms with Crippen LogP contribution in [0.15, 0.2) is 24.4 Å². The molecule has 0 bridgehead atoms. The van der Waals surface area contributed by atoms with Crippen LogP contribution in [-0.4, -0.2) is 30.8 Å². The number of aromatic nitrogens is 1. The van der Waals surface area contributed by atoms with Crippen molar-refractivity contribution in [2.24, 2.45) is 0 Å². The molecule has 0 spiro atoms. The molecule has 0 radical (unpaired) electrons. The molecule has 0 saturated heterocycles. The summed E-state index contributed by atoms with van der Waals surface area (Å²) in [6, 6.07) is 1.72. The van der Waals surface area contributed by atoms with Crippen molar-refractivity contribution >= 4 is 28.0 Å². The minimum Gasteiger partial charge on any atom is -0.496 e. The molecule has 1 N–H and O–H groups in total. The van der Waals surface area contributed by atoms with Gasteiger partial charge in [0.25, 0.3) is 0 Å². The maximum Gasteiger partial charge on any atom is 0.190 e. The zero-order chi connectivity index (χ0) is 17.3. The average molecular weight is 344 g/mol. The van der Waals surface area contributed by atoms with Crippen molar-refractivity contribution in [2.45, 2.75) is 13.5 Å². The van der Waals surface area contributed by atoms with E-state index in [0.29, 0.717) is 18.0 Å². The maximum absolute atomic E-state index is 12.3. The molecule has 0 unspecified atom stereocenters. The van der Waals surface area contributed by atoms with Gasteiger partial charge in [-0.05, 0) is 25.1 Å². The summed E-state index contributed by atoms with van der Waals surface area (Å²) in [7, 11) is 2.95. The van der Waals surface area contributed by atoms with Crippen LogP contribution < -0.4 is 14.8 Å². The number of benzene rings is 1. The first kappa shape index (κ1) is 16.2. The van der Waals surface area contributed by atoms with Gasteiger partial charge in [0, 0.05) is 23.2 Å². The lowest BCUT2D eigenvalue weighted by molar-refractivity contribution is 0.0988. The third-order valence-electron chi connectivity index (χ3n) is 3.67. The van der Waals surface area contributed by atoms with Crippen LogP contribution in [0.5, 0.6) is 11.5 Å². The van der Waals surface area contributed by atoms with Gasteiger partial charge in [-0.25, -0.2) is 4.98 Å². The number of carbonyl (C=O) groups excluding carboxylic acids is 2. The van der Waals surface area contributed by atoms with Crippen molar-refractivity contribution in [3.63, 3.8) is 0 Å². The second-order valence-corrected chi connectivity index (χ2v) is 6.45. The average Bonchev–Trinajstić information content (AvgIpc) is 3.00. The van der Waals surface area contributed by atoms with Gasteiger partial charge in [0.1, 0.15) is 11.5 Å². The van der Waals surface area contributed by atoms with Crippen LogP contribution in [-0.2, 0) is 6.54 Å². The molecule has 0 atom stereocenters. The molecule has 1 aliphatic rings. The number of nitrogens with one attached hydrogen (secondary N) is 1. The Morgan fingerprint density at radius 3 is 2.42 bits per heavy atom. The first-order valence-corrected chi connectivity index (χ1v) is 8.07. The number of aryl methyl sites for hydroxylation is 1. The Bertz CT molecular complexity index is 855. The van der Waals surface area contributed by atoms with E-state index < -0.39 is 0 Å². The molecule has 1 aromatic carbocycles. The van der Waals surface area contributed by atoms with E-state index in [-0.39, 0.29) is 22.7 Å². The first-order valence-electron chi connectivity index (χ1n) is 7.26. The smallest absolute Gasteiger partial charge is 0.190 e. The standard InChI is InChI=1S/C17H16N2O4S/c1-9-7-18-17(24-9)19-8-10-6-13(22-2)14-11(20)4-5-12(21)15(14)16(10)23-3/h4-7H,8H2,1-3H3,(H,18,19). The predicted octanol–water partition coefficient (Wildman–Crippen LogP) is 3.02. The largest absolute Gasteiger partial charge is 0.496 e. The molecular formula is C17H16N2O4S. The van der Waals surface area contributed by atoms with Gasteiger partial charge in [-0.15, -0.1) is 11.3 Å². The second-order valence-electron chi connectivity index (χ2n) is 5.21. The quantitative estimate of drug-likeness (QED) is 0.898. The number of ketones is 2. The molecular weight excluding hydrogens is 328 g/mol. The molecule has 1 aromatic heterocycles. The fourth-order valence-corrected chi connectivity index (χ4v) is 3.28. The highest BCUT2D eigenvalue weighted by Gasteiger charge is 2.29. The van der Waals surface area contributed by atoms with Crippen molar-refractivity contribution < 1.29 is 19.1 Å².